The molecule has 0 saturated carbocycles. The molecule has 0 aliphatic heterocycles. The monoisotopic (exact) mass is 410 g/mol. The van der Waals surface area contributed by atoms with Crippen molar-refractivity contribution in [3.63, 3.8) is 0 Å². The maximum Gasteiger partial charge on any atom is 0.379 e. The van der Waals surface area contributed by atoms with Crippen LogP contribution in [0.5, 0.6) is 0 Å². The van der Waals surface area contributed by atoms with E-state index in [1.165, 1.54) is 0 Å². The molecule has 3 atom stereocenters. The largest absolute Gasteiger partial charge is 0.459 e. The summed E-state index contributed by atoms with van der Waals surface area (Å²) in [6.07, 6.45) is -0.450. The number of aryl methyl sites for hydroxylation is 3. The third-order valence-electron chi connectivity index (χ3n) is 5.36. The molecule has 2 aromatic rings. The highest BCUT2D eigenvalue weighted by Crippen LogP contribution is 2.22. The fourth-order valence-corrected chi connectivity index (χ4v) is 3.89. The zero-order valence-corrected chi connectivity index (χ0v) is 18.5. The number of rotatable bonds is 8. The number of esters is 2. The molecule has 0 amide bonds. The number of hydrogen-bond acceptors (Lipinski definition) is 5. The molecular formula is C25H30O5. The van der Waals surface area contributed by atoms with E-state index in [1.807, 2.05) is 45.9 Å². The molecule has 0 bridgehead atoms. The Hall–Kier alpha value is -2.95. The molecule has 2 aromatic carbocycles. The van der Waals surface area contributed by atoms with Gasteiger partial charge in [-0.1, -0.05) is 42.8 Å². The van der Waals surface area contributed by atoms with Gasteiger partial charge in [-0.2, -0.15) is 0 Å². The van der Waals surface area contributed by atoms with Crippen molar-refractivity contribution in [2.45, 2.75) is 60.2 Å². The van der Waals surface area contributed by atoms with Gasteiger partial charge >= 0.3 is 11.9 Å². The van der Waals surface area contributed by atoms with Gasteiger partial charge in [-0.3, -0.25) is 4.79 Å². The van der Waals surface area contributed by atoms with E-state index in [0.29, 0.717) is 17.5 Å². The van der Waals surface area contributed by atoms with E-state index in [2.05, 4.69) is 0 Å². The quantitative estimate of drug-likeness (QED) is 0.348. The first-order chi connectivity index (χ1) is 14.1. The van der Waals surface area contributed by atoms with Crippen LogP contribution in [-0.4, -0.2) is 29.9 Å². The second-order valence-electron chi connectivity index (χ2n) is 7.76. The van der Waals surface area contributed by atoms with Gasteiger partial charge in [0.15, 0.2) is 0 Å². The third kappa shape index (κ3) is 5.56. The molecule has 160 valence electrons. The highest BCUT2D eigenvalue weighted by Gasteiger charge is 2.31. The average Bonchev–Trinajstić information content (AvgIpc) is 2.68. The number of ether oxygens (including phenoxy) is 2. The van der Waals surface area contributed by atoms with E-state index in [4.69, 9.17) is 9.47 Å². The minimum atomic E-state index is -0.891. The first-order valence-electron chi connectivity index (χ1n) is 10.2. The summed E-state index contributed by atoms with van der Waals surface area (Å²) >= 11 is 0. The number of ketones is 1. The van der Waals surface area contributed by atoms with Crippen molar-refractivity contribution in [1.29, 1.82) is 0 Å². The second kappa shape index (κ2) is 10.2. The summed E-state index contributed by atoms with van der Waals surface area (Å²) in [5, 5.41) is 0. The summed E-state index contributed by atoms with van der Waals surface area (Å²) in [4.78, 5) is 37.6. The smallest absolute Gasteiger partial charge is 0.379 e. The lowest BCUT2D eigenvalue weighted by Gasteiger charge is -2.28. The lowest BCUT2D eigenvalue weighted by atomic mass is 9.94. The fourth-order valence-electron chi connectivity index (χ4n) is 3.89. The molecule has 0 fully saturated rings. The Kier molecular flexibility index (Phi) is 7.93. The predicted octanol–water partition coefficient (Wildman–Crippen LogP) is 5.00. The summed E-state index contributed by atoms with van der Waals surface area (Å²) < 4.78 is 11.1. The van der Waals surface area contributed by atoms with Crippen LogP contribution in [0.3, 0.4) is 0 Å². The SMILES string of the molecule is CCC(C(C)OC(=O)C(=O)c1c(C)cc(C)cc1C)C(C)OC(=O)c1ccccc1. The molecule has 0 N–H and O–H groups in total. The van der Waals surface area contributed by atoms with Crippen molar-refractivity contribution < 1.29 is 23.9 Å². The molecule has 2 rings (SSSR count). The van der Waals surface area contributed by atoms with E-state index in [0.717, 1.165) is 16.7 Å². The molecule has 30 heavy (non-hydrogen) atoms. The first kappa shape index (κ1) is 23.3. The minimum Gasteiger partial charge on any atom is -0.459 e. The molecule has 0 aliphatic rings. The average molecular weight is 411 g/mol. The fraction of sp³-hybridized carbons (Fsp3) is 0.400. The number of carbonyl (C=O) groups excluding carboxylic acids is 3. The molecule has 5 nitrogen and oxygen atoms in total. The molecule has 3 unspecified atom stereocenters. The van der Waals surface area contributed by atoms with E-state index in [9.17, 15) is 14.4 Å². The van der Waals surface area contributed by atoms with Crippen molar-refractivity contribution in [3.05, 3.63) is 70.3 Å². The van der Waals surface area contributed by atoms with Crippen LogP contribution >= 0.6 is 0 Å². The van der Waals surface area contributed by atoms with Crippen molar-refractivity contribution in [1.82, 2.24) is 0 Å². The Labute approximate surface area is 178 Å². The van der Waals surface area contributed by atoms with Crippen LogP contribution in [0.4, 0.5) is 0 Å². The normalized spacial score (nSPS) is 13.8. The molecule has 0 spiro atoms. The highest BCUT2D eigenvalue weighted by molar-refractivity contribution is 6.41. The van der Waals surface area contributed by atoms with Crippen LogP contribution < -0.4 is 0 Å². The Bertz CT molecular complexity index is 893. The topological polar surface area (TPSA) is 69.7 Å². The summed E-state index contributed by atoms with van der Waals surface area (Å²) in [5.74, 6) is -2.21. The molecule has 0 heterocycles. The molecule has 0 saturated heterocycles. The summed E-state index contributed by atoms with van der Waals surface area (Å²) in [7, 11) is 0. The van der Waals surface area contributed by atoms with Gasteiger partial charge in [-0.25, -0.2) is 9.59 Å². The van der Waals surface area contributed by atoms with Crippen molar-refractivity contribution in [2.24, 2.45) is 5.92 Å². The maximum atomic E-state index is 12.7. The Balaban J connectivity index is 2.07. The maximum absolute atomic E-state index is 12.7. The van der Waals surface area contributed by atoms with Crippen LogP contribution in [0.2, 0.25) is 0 Å². The van der Waals surface area contributed by atoms with E-state index in [-0.39, 0.29) is 5.92 Å². The second-order valence-corrected chi connectivity index (χ2v) is 7.76. The van der Waals surface area contributed by atoms with E-state index in [1.54, 1.807) is 38.1 Å². The van der Waals surface area contributed by atoms with Gasteiger partial charge in [0.25, 0.3) is 5.78 Å². The number of hydrogen-bond donors (Lipinski definition) is 0. The number of carbonyl (C=O) groups is 3. The minimum absolute atomic E-state index is 0.241. The lowest BCUT2D eigenvalue weighted by molar-refractivity contribution is -0.147. The van der Waals surface area contributed by atoms with Gasteiger partial charge in [-0.15, -0.1) is 0 Å². The van der Waals surface area contributed by atoms with Crippen molar-refractivity contribution >= 4 is 17.7 Å². The molecule has 0 aromatic heterocycles. The molecule has 0 aliphatic carbocycles. The van der Waals surface area contributed by atoms with Gasteiger partial charge in [-0.05, 0) is 64.3 Å². The van der Waals surface area contributed by atoms with Crippen molar-refractivity contribution in [2.75, 3.05) is 0 Å². The zero-order valence-electron chi connectivity index (χ0n) is 18.5. The standard InChI is InChI=1S/C25H30O5/c1-7-21(18(5)29-24(27)20-11-9-8-10-12-20)19(6)30-25(28)23(26)22-16(3)13-15(2)14-17(22)4/h8-14,18-19,21H,7H2,1-6H3. The van der Waals surface area contributed by atoms with Crippen LogP contribution in [0.25, 0.3) is 0 Å². The third-order valence-corrected chi connectivity index (χ3v) is 5.36. The Morgan fingerprint density at radius 3 is 1.93 bits per heavy atom. The molecule has 5 heteroatoms. The summed E-state index contributed by atoms with van der Waals surface area (Å²) in [6.45, 7) is 11.0. The predicted molar refractivity (Wildman–Crippen MR) is 116 cm³/mol. The lowest BCUT2D eigenvalue weighted by Crippen LogP contribution is -2.36. The van der Waals surface area contributed by atoms with Gasteiger partial charge in [0.1, 0.15) is 12.2 Å². The van der Waals surface area contributed by atoms with E-state index < -0.39 is 29.9 Å². The van der Waals surface area contributed by atoms with Gasteiger partial charge in [0, 0.05) is 11.5 Å². The molecular weight excluding hydrogens is 380 g/mol. The number of Topliss-reactive ketones (excluding diaryl/α,β-unsaturated/α-hetero) is 1. The molecule has 0 radical (unpaired) electrons. The van der Waals surface area contributed by atoms with Crippen LogP contribution in [0, 0.1) is 26.7 Å². The van der Waals surface area contributed by atoms with Crippen LogP contribution in [-0.2, 0) is 14.3 Å². The Morgan fingerprint density at radius 2 is 1.40 bits per heavy atom. The van der Waals surface area contributed by atoms with E-state index >= 15 is 0 Å². The van der Waals surface area contributed by atoms with Gasteiger partial charge in [0.05, 0.1) is 5.56 Å². The van der Waals surface area contributed by atoms with Crippen LogP contribution in [0.1, 0.15) is 64.6 Å². The first-order valence-corrected chi connectivity index (χ1v) is 10.2. The number of benzene rings is 2. The summed E-state index contributed by atoms with van der Waals surface area (Å²) in [5.41, 5.74) is 3.38. The van der Waals surface area contributed by atoms with Crippen LogP contribution in [0.15, 0.2) is 42.5 Å². The summed E-state index contributed by atoms with van der Waals surface area (Å²) in [6, 6.07) is 12.5. The van der Waals surface area contributed by atoms with Gasteiger partial charge < -0.3 is 9.47 Å². The zero-order chi connectivity index (χ0) is 22.4. The highest BCUT2D eigenvalue weighted by atomic mass is 16.6. The van der Waals surface area contributed by atoms with Gasteiger partial charge in [0.2, 0.25) is 0 Å². The van der Waals surface area contributed by atoms with Crippen molar-refractivity contribution in [3.8, 4) is 0 Å². The Morgan fingerprint density at radius 1 is 0.867 bits per heavy atom.